The Kier molecular flexibility index (Phi) is 29.2. The van der Waals surface area contributed by atoms with E-state index in [0.717, 1.165) is 12.3 Å². The zero-order valence-electron chi connectivity index (χ0n) is 25.0. The van der Waals surface area contributed by atoms with Gasteiger partial charge in [-0.05, 0) is 65.0 Å². The molecule has 0 aromatic heterocycles. The van der Waals surface area contributed by atoms with Gasteiger partial charge >= 0.3 is 0 Å². The Balaban J connectivity index is 3.52. The summed E-state index contributed by atoms with van der Waals surface area (Å²) in [6, 6.07) is 0. The molecule has 1 unspecified atom stereocenters. The van der Waals surface area contributed by atoms with E-state index < -0.39 is 0 Å². The van der Waals surface area contributed by atoms with Gasteiger partial charge in [-0.25, -0.2) is 0 Å². The molecule has 0 radical (unpaired) electrons. The van der Waals surface area contributed by atoms with Crippen molar-refractivity contribution < 1.29 is 0 Å². The molecule has 0 saturated heterocycles. The minimum absolute atomic E-state index is 0.924. The van der Waals surface area contributed by atoms with E-state index in [1.54, 1.807) is 0 Å². The van der Waals surface area contributed by atoms with Gasteiger partial charge in [0, 0.05) is 6.54 Å². The first kappa shape index (κ1) is 34.4. The fourth-order valence-electron chi connectivity index (χ4n) is 5.18. The van der Waals surface area contributed by atoms with Crippen molar-refractivity contribution in [1.82, 2.24) is 4.90 Å². The number of rotatable bonds is 28. The monoisotopic (exact) mass is 490 g/mol. The highest BCUT2D eigenvalue weighted by Gasteiger charge is 2.09. The average molecular weight is 490 g/mol. The molecule has 0 N–H and O–H groups in total. The molecule has 0 saturated carbocycles. The van der Waals surface area contributed by atoms with Gasteiger partial charge in [-0.2, -0.15) is 0 Å². The van der Waals surface area contributed by atoms with Crippen molar-refractivity contribution in [3.05, 3.63) is 24.3 Å². The van der Waals surface area contributed by atoms with Gasteiger partial charge in [0.2, 0.25) is 0 Å². The first-order chi connectivity index (χ1) is 17.2. The number of allylic oxidation sites excluding steroid dienone is 4. The third kappa shape index (κ3) is 29.6. The zero-order chi connectivity index (χ0) is 25.7. The van der Waals surface area contributed by atoms with Gasteiger partial charge in [0.15, 0.2) is 0 Å². The highest BCUT2D eigenvalue weighted by Crippen LogP contribution is 2.20. The fraction of sp³-hybridized carbons (Fsp3) is 0.882. The molecule has 0 fully saturated rings. The van der Waals surface area contributed by atoms with Gasteiger partial charge in [0.1, 0.15) is 0 Å². The van der Waals surface area contributed by atoms with Crippen LogP contribution in [0.3, 0.4) is 0 Å². The van der Waals surface area contributed by atoms with Gasteiger partial charge in [-0.15, -0.1) is 0 Å². The lowest BCUT2D eigenvalue weighted by molar-refractivity contribution is 0.286. The smallest absolute Gasteiger partial charge is 0.000356 e. The summed E-state index contributed by atoms with van der Waals surface area (Å²) in [5.41, 5.74) is 0. The third-order valence-electron chi connectivity index (χ3n) is 7.40. The molecular weight excluding hydrogens is 422 g/mol. The predicted octanol–water partition coefficient (Wildman–Crippen LogP) is 11.7. The minimum atomic E-state index is 0.924. The summed E-state index contributed by atoms with van der Waals surface area (Å²) in [6.07, 6.45) is 43.1. The quantitative estimate of drug-likeness (QED) is 0.0780. The fourth-order valence-corrected chi connectivity index (χ4v) is 5.18. The molecule has 208 valence electrons. The Morgan fingerprint density at radius 1 is 0.457 bits per heavy atom. The van der Waals surface area contributed by atoms with Crippen LogP contribution in [0, 0.1) is 5.92 Å². The molecule has 1 nitrogen and oxygen atoms in total. The minimum Gasteiger partial charge on any atom is -0.309 e. The Labute approximate surface area is 223 Å². The summed E-state index contributed by atoms with van der Waals surface area (Å²) < 4.78 is 0. The molecule has 35 heavy (non-hydrogen) atoms. The summed E-state index contributed by atoms with van der Waals surface area (Å²) in [4.78, 5) is 2.41. The first-order valence-electron chi connectivity index (χ1n) is 16.1. The standard InChI is InChI=1S/C34H67N/c1-5-7-9-11-13-14-15-16-17-18-19-20-21-22-23-24-26-28-30-32-34(33-35(3)4)31-29-27-25-12-10-8-6-2/h15-16,18-19,34H,5-14,17,20-33H2,1-4H3/b16-15-,19-18?. The van der Waals surface area contributed by atoms with E-state index in [-0.39, 0.29) is 0 Å². The van der Waals surface area contributed by atoms with Crippen LogP contribution >= 0.6 is 0 Å². The number of hydrogen-bond donors (Lipinski definition) is 0. The Bertz CT molecular complexity index is 436. The Morgan fingerprint density at radius 3 is 1.23 bits per heavy atom. The van der Waals surface area contributed by atoms with Gasteiger partial charge in [-0.3, -0.25) is 0 Å². The maximum atomic E-state index is 2.41. The molecule has 0 heterocycles. The Morgan fingerprint density at radius 2 is 0.829 bits per heavy atom. The molecule has 1 atom stereocenters. The topological polar surface area (TPSA) is 3.24 Å². The van der Waals surface area contributed by atoms with Gasteiger partial charge in [0.25, 0.3) is 0 Å². The van der Waals surface area contributed by atoms with Crippen molar-refractivity contribution in [3.63, 3.8) is 0 Å². The van der Waals surface area contributed by atoms with E-state index in [1.165, 1.54) is 154 Å². The molecular formula is C34H67N. The van der Waals surface area contributed by atoms with E-state index >= 15 is 0 Å². The largest absolute Gasteiger partial charge is 0.309 e. The third-order valence-corrected chi connectivity index (χ3v) is 7.40. The SMILES string of the molecule is CCCCCCC/C=C\CC=CCCCCCCCCCC(CCCCCCCCC)CN(C)C. The van der Waals surface area contributed by atoms with E-state index in [4.69, 9.17) is 0 Å². The molecule has 0 aliphatic rings. The normalized spacial score (nSPS) is 13.1. The lowest BCUT2D eigenvalue weighted by Crippen LogP contribution is -2.21. The lowest BCUT2D eigenvalue weighted by Gasteiger charge is -2.21. The summed E-state index contributed by atoms with van der Waals surface area (Å²) in [6.45, 7) is 5.88. The molecule has 0 amide bonds. The van der Waals surface area contributed by atoms with Crippen LogP contribution in [0.15, 0.2) is 24.3 Å². The summed E-state index contributed by atoms with van der Waals surface area (Å²) in [5.74, 6) is 0.924. The molecule has 0 aromatic carbocycles. The maximum Gasteiger partial charge on any atom is 0.000356 e. The molecule has 0 rings (SSSR count). The highest BCUT2D eigenvalue weighted by atomic mass is 15.1. The van der Waals surface area contributed by atoms with Crippen molar-refractivity contribution in [3.8, 4) is 0 Å². The van der Waals surface area contributed by atoms with Gasteiger partial charge in [0.05, 0.1) is 0 Å². The van der Waals surface area contributed by atoms with Crippen LogP contribution in [-0.4, -0.2) is 25.5 Å². The summed E-state index contributed by atoms with van der Waals surface area (Å²) in [5, 5.41) is 0. The number of hydrogen-bond acceptors (Lipinski definition) is 1. The van der Waals surface area contributed by atoms with Crippen molar-refractivity contribution in [2.45, 2.75) is 168 Å². The maximum absolute atomic E-state index is 2.41. The lowest BCUT2D eigenvalue weighted by atomic mass is 9.93. The van der Waals surface area contributed by atoms with E-state index in [9.17, 15) is 0 Å². The molecule has 0 aromatic rings. The first-order valence-corrected chi connectivity index (χ1v) is 16.1. The second-order valence-electron chi connectivity index (χ2n) is 11.5. The molecule has 0 aliphatic carbocycles. The molecule has 0 bridgehead atoms. The van der Waals surface area contributed by atoms with E-state index in [2.05, 4.69) is 57.1 Å². The van der Waals surface area contributed by atoms with Crippen LogP contribution < -0.4 is 0 Å². The zero-order valence-corrected chi connectivity index (χ0v) is 25.0. The van der Waals surface area contributed by atoms with Crippen LogP contribution in [-0.2, 0) is 0 Å². The van der Waals surface area contributed by atoms with Crippen molar-refractivity contribution >= 4 is 0 Å². The second kappa shape index (κ2) is 29.7. The van der Waals surface area contributed by atoms with Crippen LogP contribution in [0.2, 0.25) is 0 Å². The molecule has 0 spiro atoms. The van der Waals surface area contributed by atoms with Crippen molar-refractivity contribution in [1.29, 1.82) is 0 Å². The van der Waals surface area contributed by atoms with Crippen molar-refractivity contribution in [2.24, 2.45) is 5.92 Å². The summed E-state index contributed by atoms with van der Waals surface area (Å²) in [7, 11) is 4.50. The van der Waals surface area contributed by atoms with Crippen LogP contribution in [0.5, 0.6) is 0 Å². The van der Waals surface area contributed by atoms with Crippen LogP contribution in [0.25, 0.3) is 0 Å². The molecule has 0 aliphatic heterocycles. The van der Waals surface area contributed by atoms with Gasteiger partial charge in [-0.1, -0.05) is 147 Å². The van der Waals surface area contributed by atoms with E-state index in [0.29, 0.717) is 0 Å². The second-order valence-corrected chi connectivity index (χ2v) is 11.5. The van der Waals surface area contributed by atoms with Gasteiger partial charge < -0.3 is 4.90 Å². The van der Waals surface area contributed by atoms with E-state index in [1.807, 2.05) is 0 Å². The number of unbranched alkanes of at least 4 members (excludes halogenated alkanes) is 18. The Hall–Kier alpha value is -0.560. The highest BCUT2D eigenvalue weighted by molar-refractivity contribution is 4.92. The summed E-state index contributed by atoms with van der Waals surface area (Å²) >= 11 is 0. The van der Waals surface area contributed by atoms with Crippen LogP contribution in [0.4, 0.5) is 0 Å². The predicted molar refractivity (Wildman–Crippen MR) is 162 cm³/mol. The number of nitrogens with zero attached hydrogens (tertiary/aromatic N) is 1. The van der Waals surface area contributed by atoms with Crippen molar-refractivity contribution in [2.75, 3.05) is 20.6 Å². The average Bonchev–Trinajstić information content (AvgIpc) is 2.84. The van der Waals surface area contributed by atoms with Crippen LogP contribution in [0.1, 0.15) is 168 Å². The molecule has 1 heteroatoms.